The normalized spacial score (nSPS) is 10.6. The average Bonchev–Trinajstić information content (AvgIpc) is 3.16. The lowest BCUT2D eigenvalue weighted by Crippen LogP contribution is -2.16. The average molecular weight is 417 g/mol. The highest BCUT2D eigenvalue weighted by molar-refractivity contribution is 6.33. The molecule has 1 heterocycles. The maximum absolute atomic E-state index is 13.1. The number of carbonyl (C=O) groups is 2. The number of hydrogen-bond acceptors (Lipinski definition) is 4. The zero-order valence-corrected chi connectivity index (χ0v) is 16.8. The molecule has 148 valence electrons. The Kier molecular flexibility index (Phi) is 5.46. The lowest BCUT2D eigenvalue weighted by Gasteiger charge is -2.11. The van der Waals surface area contributed by atoms with Crippen LogP contribution in [-0.2, 0) is 0 Å². The lowest BCUT2D eigenvalue weighted by molar-refractivity contribution is 0.102. The highest BCUT2D eigenvalue weighted by Crippen LogP contribution is 2.32. The largest absolute Gasteiger partial charge is 0.360 e. The number of para-hydroxylation sites is 1. The van der Waals surface area contributed by atoms with Gasteiger partial charge in [0.05, 0.1) is 10.7 Å². The van der Waals surface area contributed by atoms with Crippen LogP contribution in [0.5, 0.6) is 0 Å². The van der Waals surface area contributed by atoms with Crippen molar-refractivity contribution in [2.45, 2.75) is 6.92 Å². The predicted octanol–water partition coefficient (Wildman–Crippen LogP) is 5.79. The van der Waals surface area contributed by atoms with E-state index in [1.54, 1.807) is 79.7 Å². The van der Waals surface area contributed by atoms with E-state index in [9.17, 15) is 9.59 Å². The van der Waals surface area contributed by atoms with Crippen LogP contribution in [0.1, 0.15) is 32.0 Å². The second kappa shape index (κ2) is 8.35. The molecule has 0 unspecified atom stereocenters. The molecule has 0 atom stereocenters. The summed E-state index contributed by atoms with van der Waals surface area (Å²) < 4.78 is 5.27. The SMILES string of the molecule is Cc1onc(-c2ccccc2Cl)c1C(=O)Nc1ccccc1C(=O)c1ccccc1. The van der Waals surface area contributed by atoms with Crippen molar-refractivity contribution in [3.8, 4) is 11.3 Å². The van der Waals surface area contributed by atoms with Crippen LogP contribution < -0.4 is 5.32 Å². The summed E-state index contributed by atoms with van der Waals surface area (Å²) in [6, 6.07) is 22.9. The molecule has 5 nitrogen and oxygen atoms in total. The van der Waals surface area contributed by atoms with Crippen LogP contribution in [0.25, 0.3) is 11.3 Å². The number of nitrogens with one attached hydrogen (secondary N) is 1. The number of benzene rings is 3. The smallest absolute Gasteiger partial charge is 0.261 e. The van der Waals surface area contributed by atoms with E-state index in [-0.39, 0.29) is 11.3 Å². The molecule has 1 N–H and O–H groups in total. The van der Waals surface area contributed by atoms with Gasteiger partial charge in [0.25, 0.3) is 5.91 Å². The van der Waals surface area contributed by atoms with Gasteiger partial charge in [0.15, 0.2) is 5.78 Å². The van der Waals surface area contributed by atoms with Gasteiger partial charge in [-0.05, 0) is 25.1 Å². The summed E-state index contributed by atoms with van der Waals surface area (Å²) in [5, 5.41) is 7.32. The Bertz CT molecular complexity index is 1230. The van der Waals surface area contributed by atoms with Crippen molar-refractivity contribution >= 4 is 29.0 Å². The highest BCUT2D eigenvalue weighted by Gasteiger charge is 2.24. The predicted molar refractivity (Wildman–Crippen MR) is 116 cm³/mol. The minimum atomic E-state index is -0.433. The molecule has 0 bridgehead atoms. The standard InChI is InChI=1S/C24H17ClN2O3/c1-15-21(22(27-30-15)17-11-5-7-13-19(17)25)24(29)26-20-14-8-6-12-18(20)23(28)16-9-3-2-4-10-16/h2-14H,1H3,(H,26,29). The number of hydrogen-bond donors (Lipinski definition) is 1. The molecule has 0 fully saturated rings. The monoisotopic (exact) mass is 416 g/mol. The highest BCUT2D eigenvalue weighted by atomic mass is 35.5. The Morgan fingerprint density at radius 3 is 2.33 bits per heavy atom. The second-order valence-corrected chi connectivity index (χ2v) is 7.04. The van der Waals surface area contributed by atoms with Gasteiger partial charge in [-0.1, -0.05) is 77.4 Å². The van der Waals surface area contributed by atoms with E-state index in [1.165, 1.54) is 0 Å². The topological polar surface area (TPSA) is 72.2 Å². The molecule has 0 saturated carbocycles. The lowest BCUT2D eigenvalue weighted by atomic mass is 10.0. The summed E-state index contributed by atoms with van der Waals surface area (Å²) in [5.41, 5.74) is 2.55. The van der Waals surface area contributed by atoms with E-state index < -0.39 is 5.91 Å². The van der Waals surface area contributed by atoms with Gasteiger partial charge >= 0.3 is 0 Å². The summed E-state index contributed by atoms with van der Waals surface area (Å²) in [6.07, 6.45) is 0. The van der Waals surface area contributed by atoms with Crippen molar-refractivity contribution in [3.63, 3.8) is 0 Å². The zero-order chi connectivity index (χ0) is 21.1. The van der Waals surface area contributed by atoms with Gasteiger partial charge in [0.1, 0.15) is 17.0 Å². The van der Waals surface area contributed by atoms with Crippen LogP contribution in [0.2, 0.25) is 5.02 Å². The molecule has 1 aromatic heterocycles. The summed E-state index contributed by atoms with van der Waals surface area (Å²) in [6.45, 7) is 1.66. The fourth-order valence-corrected chi connectivity index (χ4v) is 3.42. The van der Waals surface area contributed by atoms with Gasteiger partial charge in [0, 0.05) is 16.7 Å². The Morgan fingerprint density at radius 2 is 1.57 bits per heavy atom. The van der Waals surface area contributed by atoms with E-state index in [1.807, 2.05) is 6.07 Å². The molecule has 3 aromatic carbocycles. The summed E-state index contributed by atoms with van der Waals surface area (Å²) in [7, 11) is 0. The Balaban J connectivity index is 1.70. The number of amides is 1. The molecule has 0 radical (unpaired) electrons. The summed E-state index contributed by atoms with van der Waals surface area (Å²) >= 11 is 6.28. The van der Waals surface area contributed by atoms with Crippen LogP contribution in [0, 0.1) is 6.92 Å². The third kappa shape index (κ3) is 3.75. The number of ketones is 1. The number of carbonyl (C=O) groups excluding carboxylic acids is 2. The number of rotatable bonds is 5. The van der Waals surface area contributed by atoms with E-state index >= 15 is 0 Å². The first kappa shape index (κ1) is 19.6. The first-order valence-corrected chi connectivity index (χ1v) is 9.65. The third-order valence-electron chi connectivity index (χ3n) is 4.67. The van der Waals surface area contributed by atoms with Crippen LogP contribution in [0.15, 0.2) is 83.4 Å². The molecule has 6 heteroatoms. The van der Waals surface area contributed by atoms with Gasteiger partial charge < -0.3 is 9.84 Å². The Labute approximate surface area is 178 Å². The van der Waals surface area contributed by atoms with Crippen LogP contribution in [-0.4, -0.2) is 16.8 Å². The number of aromatic nitrogens is 1. The summed E-state index contributed by atoms with van der Waals surface area (Å²) in [4.78, 5) is 26.1. The molecular formula is C24H17ClN2O3. The first-order valence-electron chi connectivity index (χ1n) is 9.27. The molecule has 1 amide bonds. The van der Waals surface area contributed by atoms with Gasteiger partial charge in [-0.3, -0.25) is 9.59 Å². The molecule has 0 spiro atoms. The molecule has 0 aliphatic rings. The third-order valence-corrected chi connectivity index (χ3v) is 5.00. The molecule has 30 heavy (non-hydrogen) atoms. The second-order valence-electron chi connectivity index (χ2n) is 6.64. The molecule has 0 saturated heterocycles. The minimum absolute atomic E-state index is 0.181. The van der Waals surface area contributed by atoms with Gasteiger partial charge in [-0.2, -0.15) is 0 Å². The maximum Gasteiger partial charge on any atom is 0.261 e. The minimum Gasteiger partial charge on any atom is -0.360 e. The van der Waals surface area contributed by atoms with Crippen molar-refractivity contribution < 1.29 is 14.1 Å². The first-order chi connectivity index (χ1) is 14.6. The molecule has 4 rings (SSSR count). The van der Waals surface area contributed by atoms with Gasteiger partial charge in [0.2, 0.25) is 0 Å². The van der Waals surface area contributed by atoms with Crippen molar-refractivity contribution in [1.82, 2.24) is 5.16 Å². The van der Waals surface area contributed by atoms with Crippen molar-refractivity contribution in [3.05, 3.63) is 106 Å². The number of halogens is 1. The van der Waals surface area contributed by atoms with Crippen molar-refractivity contribution in [2.24, 2.45) is 0 Å². The quantitative estimate of drug-likeness (QED) is 0.418. The molecule has 0 aliphatic heterocycles. The number of aryl methyl sites for hydroxylation is 1. The summed E-state index contributed by atoms with van der Waals surface area (Å²) in [5.74, 6) is -0.258. The van der Waals surface area contributed by atoms with Gasteiger partial charge in [-0.15, -0.1) is 0 Å². The Hall–Kier alpha value is -3.70. The van der Waals surface area contributed by atoms with Crippen LogP contribution in [0.3, 0.4) is 0 Å². The van der Waals surface area contributed by atoms with Gasteiger partial charge in [-0.25, -0.2) is 0 Å². The van der Waals surface area contributed by atoms with Crippen LogP contribution >= 0.6 is 11.6 Å². The van der Waals surface area contributed by atoms with E-state index in [2.05, 4.69) is 10.5 Å². The molecule has 4 aromatic rings. The van der Waals surface area contributed by atoms with Crippen molar-refractivity contribution in [2.75, 3.05) is 5.32 Å². The van der Waals surface area contributed by atoms with E-state index in [0.29, 0.717) is 38.9 Å². The zero-order valence-electron chi connectivity index (χ0n) is 16.1. The number of anilines is 1. The fraction of sp³-hybridized carbons (Fsp3) is 0.0417. The van der Waals surface area contributed by atoms with E-state index in [4.69, 9.17) is 16.1 Å². The van der Waals surface area contributed by atoms with Crippen LogP contribution in [0.4, 0.5) is 5.69 Å². The van der Waals surface area contributed by atoms with Crippen molar-refractivity contribution in [1.29, 1.82) is 0 Å². The fourth-order valence-electron chi connectivity index (χ4n) is 3.20. The van der Waals surface area contributed by atoms with E-state index in [0.717, 1.165) is 0 Å². The maximum atomic E-state index is 13.1. The molecular weight excluding hydrogens is 400 g/mol. The number of nitrogens with zero attached hydrogens (tertiary/aromatic N) is 1. The Morgan fingerprint density at radius 1 is 0.900 bits per heavy atom. The molecule has 0 aliphatic carbocycles.